The lowest BCUT2D eigenvalue weighted by atomic mass is 9.37. The molecule has 7 unspecified atom stereocenters. The molecule has 7 aliphatic rings. The van der Waals surface area contributed by atoms with E-state index < -0.39 is 11.6 Å². The van der Waals surface area contributed by atoms with Crippen molar-refractivity contribution in [1.29, 1.82) is 0 Å². The van der Waals surface area contributed by atoms with Crippen molar-refractivity contribution in [1.82, 2.24) is 5.32 Å². The van der Waals surface area contributed by atoms with Gasteiger partial charge in [0.25, 0.3) is 0 Å². The fourth-order valence-electron chi connectivity index (χ4n) is 9.73. The van der Waals surface area contributed by atoms with Gasteiger partial charge in [0.2, 0.25) is 11.6 Å². The summed E-state index contributed by atoms with van der Waals surface area (Å²) in [5.74, 6) is 2.70. The summed E-state index contributed by atoms with van der Waals surface area (Å²) in [4.78, 5) is 24.8. The average molecular weight is 495 g/mol. The van der Waals surface area contributed by atoms with E-state index in [4.69, 9.17) is 25.0 Å². The topological polar surface area (TPSA) is 92.0 Å². The lowest BCUT2D eigenvalue weighted by Crippen LogP contribution is -2.67. The molecule has 8 rings (SSSR count). The number of carbonyl (C=O) groups excluding carboxylic acids is 1. The minimum Gasteiger partial charge on any atom is -0.410 e. The van der Waals surface area contributed by atoms with E-state index in [2.05, 4.69) is 17.4 Å². The Morgan fingerprint density at radius 1 is 0.944 bits per heavy atom. The van der Waals surface area contributed by atoms with Crippen molar-refractivity contribution in [3.8, 4) is 5.75 Å². The second-order valence-corrected chi connectivity index (χ2v) is 13.1. The molecule has 194 valence electrons. The normalized spacial score (nSPS) is 50.0. The van der Waals surface area contributed by atoms with Crippen molar-refractivity contribution in [3.05, 3.63) is 29.8 Å². The van der Waals surface area contributed by atoms with Crippen LogP contribution in [0.15, 0.2) is 24.3 Å². The van der Waals surface area contributed by atoms with Crippen LogP contribution in [0.4, 0.5) is 4.79 Å². The van der Waals surface area contributed by atoms with Crippen molar-refractivity contribution in [2.24, 2.45) is 34.8 Å². The van der Waals surface area contributed by atoms with Gasteiger partial charge in [-0.1, -0.05) is 12.1 Å². The number of hydrogen-bond acceptors (Lipinski definition) is 6. The van der Waals surface area contributed by atoms with Gasteiger partial charge >= 0.3 is 6.09 Å². The number of amides is 1. The summed E-state index contributed by atoms with van der Waals surface area (Å²) in [5, 5.41) is 2.99. The summed E-state index contributed by atoms with van der Waals surface area (Å²) in [6.45, 7) is 0. The van der Waals surface area contributed by atoms with Crippen LogP contribution in [-0.2, 0) is 14.5 Å². The predicted molar refractivity (Wildman–Crippen MR) is 131 cm³/mol. The van der Waals surface area contributed by atoms with Gasteiger partial charge in [-0.15, -0.1) is 0 Å². The molecule has 1 heterocycles. The number of nitrogens with one attached hydrogen (secondary N) is 1. The molecule has 8 atom stereocenters. The quantitative estimate of drug-likeness (QED) is 0.566. The molecule has 3 spiro atoms. The highest BCUT2D eigenvalue weighted by Crippen LogP contribution is 2.85. The molecule has 7 heteroatoms. The Labute approximate surface area is 212 Å². The summed E-state index contributed by atoms with van der Waals surface area (Å²) >= 11 is 0. The number of benzene rings is 1. The van der Waals surface area contributed by atoms with Crippen molar-refractivity contribution >= 4 is 6.09 Å². The van der Waals surface area contributed by atoms with Crippen LogP contribution in [0.5, 0.6) is 5.75 Å². The van der Waals surface area contributed by atoms with E-state index in [0.29, 0.717) is 28.9 Å². The molecule has 1 aromatic rings. The summed E-state index contributed by atoms with van der Waals surface area (Å²) in [6.07, 6.45) is 12.5. The Morgan fingerprint density at radius 3 is 2.50 bits per heavy atom. The lowest BCUT2D eigenvalue weighted by molar-refractivity contribution is -0.393. The molecular weight excluding hydrogens is 456 g/mol. The summed E-state index contributed by atoms with van der Waals surface area (Å²) in [5.41, 5.74) is 7.73. The molecule has 1 saturated heterocycles. The zero-order chi connectivity index (χ0) is 24.1. The molecule has 6 saturated carbocycles. The van der Waals surface area contributed by atoms with Crippen LogP contribution in [0.3, 0.4) is 0 Å². The lowest BCUT2D eigenvalue weighted by Gasteiger charge is -2.68. The first-order valence-corrected chi connectivity index (χ1v) is 14.4. The van der Waals surface area contributed by atoms with Crippen molar-refractivity contribution in [2.75, 3.05) is 0 Å². The highest BCUT2D eigenvalue weighted by molar-refractivity contribution is 5.70. The van der Waals surface area contributed by atoms with Gasteiger partial charge in [-0.3, -0.25) is 0 Å². The van der Waals surface area contributed by atoms with Gasteiger partial charge in [0, 0.05) is 36.8 Å². The molecule has 1 amide bonds. The van der Waals surface area contributed by atoms with Crippen LogP contribution in [0.25, 0.3) is 0 Å². The molecule has 1 aliphatic heterocycles. The molecule has 3 N–H and O–H groups in total. The average Bonchev–Trinajstić information content (AvgIpc) is 3.49. The van der Waals surface area contributed by atoms with Crippen molar-refractivity contribution < 1.29 is 24.0 Å². The van der Waals surface area contributed by atoms with E-state index in [-0.39, 0.29) is 18.2 Å². The number of hydrogen-bond donors (Lipinski definition) is 2. The molecule has 0 radical (unpaired) electrons. The highest BCUT2D eigenvalue weighted by atomic mass is 17.3. The van der Waals surface area contributed by atoms with Gasteiger partial charge in [-0.05, 0) is 105 Å². The molecule has 2 bridgehead atoms. The maximum Gasteiger partial charge on any atom is 0.412 e. The third-order valence-corrected chi connectivity index (χ3v) is 11.5. The van der Waals surface area contributed by atoms with E-state index in [1.807, 2.05) is 12.1 Å². The maximum atomic E-state index is 12.4. The summed E-state index contributed by atoms with van der Waals surface area (Å²) in [6, 6.07) is 8.40. The molecule has 36 heavy (non-hydrogen) atoms. The standard InChI is InChI=1S/C29H38N2O5/c30-22-5-7-23(8-6-22)31-26(32)33-24-9-3-17(4-10-24)18-2-1-11-27(15-18)34-29(36-35-27)21-13-19-12-20-14-25(29)28(19,20)16-21/h3-4,9-10,18-23,25H,1-2,5-8,11-16,30H2,(H,31,32)/t18?,19?,20?,21?,22?,23?,25?,27?,28-,29?/m0/s1. The van der Waals surface area contributed by atoms with Gasteiger partial charge in [-0.25, -0.2) is 4.79 Å². The first-order chi connectivity index (χ1) is 17.5. The summed E-state index contributed by atoms with van der Waals surface area (Å²) in [7, 11) is 0. The number of rotatable bonds is 3. The minimum absolute atomic E-state index is 0.155. The smallest absolute Gasteiger partial charge is 0.410 e. The van der Waals surface area contributed by atoms with Crippen LogP contribution in [-0.4, -0.2) is 29.8 Å². The molecule has 6 aliphatic carbocycles. The zero-order valence-corrected chi connectivity index (χ0v) is 21.0. The van der Waals surface area contributed by atoms with Gasteiger partial charge in [0.1, 0.15) is 5.75 Å². The Morgan fingerprint density at radius 2 is 1.72 bits per heavy atom. The first-order valence-electron chi connectivity index (χ1n) is 14.4. The van der Waals surface area contributed by atoms with Crippen LogP contribution in [0, 0.1) is 29.1 Å². The number of fused-ring (bicyclic) bond motifs is 3. The Balaban J connectivity index is 0.911. The van der Waals surface area contributed by atoms with E-state index in [9.17, 15) is 4.79 Å². The van der Waals surface area contributed by atoms with E-state index in [0.717, 1.165) is 63.2 Å². The third kappa shape index (κ3) is 3.03. The molecule has 7 nitrogen and oxygen atoms in total. The number of ether oxygens (including phenoxy) is 2. The minimum atomic E-state index is -0.619. The maximum absolute atomic E-state index is 12.4. The predicted octanol–water partition coefficient (Wildman–Crippen LogP) is 5.14. The third-order valence-electron chi connectivity index (χ3n) is 11.5. The zero-order valence-electron chi connectivity index (χ0n) is 21.0. The second kappa shape index (κ2) is 7.68. The van der Waals surface area contributed by atoms with Crippen LogP contribution >= 0.6 is 0 Å². The molecule has 0 aromatic heterocycles. The second-order valence-electron chi connectivity index (χ2n) is 13.1. The van der Waals surface area contributed by atoms with E-state index in [1.165, 1.54) is 31.2 Å². The van der Waals surface area contributed by atoms with Crippen molar-refractivity contribution in [3.63, 3.8) is 0 Å². The fraction of sp³-hybridized carbons (Fsp3) is 0.759. The molecule has 1 aromatic carbocycles. The van der Waals surface area contributed by atoms with E-state index in [1.54, 1.807) is 0 Å². The number of carbonyl (C=O) groups is 1. The van der Waals surface area contributed by atoms with E-state index >= 15 is 0 Å². The van der Waals surface area contributed by atoms with Gasteiger partial charge < -0.3 is 20.5 Å². The molecule has 7 fully saturated rings. The molecular formula is C29H38N2O5. The van der Waals surface area contributed by atoms with Gasteiger partial charge in [0.05, 0.1) is 0 Å². The fourth-order valence-corrected chi connectivity index (χ4v) is 9.73. The monoisotopic (exact) mass is 494 g/mol. The SMILES string of the molecule is NC1CCC(NC(=O)Oc2ccc(C3CCCC4(C3)OOC3(O4)C4CC5CC6CC3[C@@]56C4)cc2)CC1. The Bertz CT molecular complexity index is 1060. The summed E-state index contributed by atoms with van der Waals surface area (Å²) < 4.78 is 12.5. The Kier molecular flexibility index (Phi) is 4.77. The Hall–Kier alpha value is -1.67. The van der Waals surface area contributed by atoms with Crippen LogP contribution in [0.1, 0.15) is 88.5 Å². The van der Waals surface area contributed by atoms with Gasteiger partial charge in [0.15, 0.2) is 0 Å². The van der Waals surface area contributed by atoms with Crippen LogP contribution in [0.2, 0.25) is 0 Å². The van der Waals surface area contributed by atoms with Crippen molar-refractivity contribution in [2.45, 2.75) is 107 Å². The van der Waals surface area contributed by atoms with Gasteiger partial charge in [-0.2, -0.15) is 9.78 Å². The number of nitrogens with two attached hydrogens (primary N) is 1. The van der Waals surface area contributed by atoms with Crippen LogP contribution < -0.4 is 15.8 Å². The largest absolute Gasteiger partial charge is 0.412 e. The highest BCUT2D eigenvalue weighted by Gasteiger charge is 2.85. The first kappa shape index (κ1) is 22.3.